The molecule has 0 bridgehead atoms. The molecule has 4 heteroatoms. The van der Waals surface area contributed by atoms with Gasteiger partial charge in [-0.05, 0) is 36.3 Å². The molecule has 1 aliphatic rings. The molecule has 2 aromatic carbocycles. The molecule has 0 saturated heterocycles. The Morgan fingerprint density at radius 2 is 1.75 bits per heavy atom. The molecule has 0 fully saturated rings. The number of halogens is 1. The molecule has 0 radical (unpaired) electrons. The van der Waals surface area contributed by atoms with Crippen molar-refractivity contribution in [1.82, 2.24) is 5.12 Å². The van der Waals surface area contributed by atoms with E-state index in [0.29, 0.717) is 12.2 Å². The lowest BCUT2D eigenvalue weighted by Gasteiger charge is -2.21. The van der Waals surface area contributed by atoms with Crippen LogP contribution < -0.4 is 4.74 Å². The Morgan fingerprint density at radius 3 is 2.55 bits per heavy atom. The molecule has 100 valence electrons. The number of hydrogen-bond acceptors (Lipinski definition) is 2. The topological polar surface area (TPSA) is 29.5 Å². The van der Waals surface area contributed by atoms with Crippen LogP contribution in [0.25, 0.3) is 0 Å². The molecule has 0 saturated carbocycles. The molecule has 1 heterocycles. The van der Waals surface area contributed by atoms with Crippen LogP contribution in [0.15, 0.2) is 66.6 Å². The van der Waals surface area contributed by atoms with Crippen molar-refractivity contribution in [1.29, 1.82) is 0 Å². The third-order valence-electron chi connectivity index (χ3n) is 3.08. The predicted octanol–water partition coefficient (Wildman–Crippen LogP) is 3.49. The van der Waals surface area contributed by atoms with Gasteiger partial charge in [0.1, 0.15) is 5.75 Å². The van der Waals surface area contributed by atoms with Crippen molar-refractivity contribution in [3.8, 4) is 5.75 Å². The van der Waals surface area contributed by atoms with Crippen LogP contribution >= 0.6 is 0 Å². The minimum absolute atomic E-state index is 0.0469. The van der Waals surface area contributed by atoms with E-state index in [1.165, 1.54) is 0 Å². The standard InChI is InChI=1S/C16H12FNO2/c17-18(16(19)13-7-2-1-3-8-13)15-11-10-12-6-4-5-9-14(12)20-15/h1-9,11H,10H2. The van der Waals surface area contributed by atoms with Crippen LogP contribution in [0.3, 0.4) is 0 Å². The van der Waals surface area contributed by atoms with Gasteiger partial charge in [0.2, 0.25) is 5.88 Å². The second kappa shape index (κ2) is 5.17. The van der Waals surface area contributed by atoms with Crippen molar-refractivity contribution in [2.45, 2.75) is 6.42 Å². The van der Waals surface area contributed by atoms with E-state index in [1.54, 1.807) is 42.5 Å². The summed E-state index contributed by atoms with van der Waals surface area (Å²) in [5.41, 5.74) is 1.25. The van der Waals surface area contributed by atoms with Gasteiger partial charge in [0.15, 0.2) is 0 Å². The summed E-state index contributed by atoms with van der Waals surface area (Å²) in [6.07, 6.45) is 2.09. The zero-order chi connectivity index (χ0) is 13.9. The average molecular weight is 269 g/mol. The third-order valence-corrected chi connectivity index (χ3v) is 3.08. The maximum Gasteiger partial charge on any atom is 0.289 e. The molecule has 0 aliphatic carbocycles. The van der Waals surface area contributed by atoms with Crippen molar-refractivity contribution < 1.29 is 14.0 Å². The van der Waals surface area contributed by atoms with Crippen LogP contribution in [0.4, 0.5) is 4.48 Å². The lowest BCUT2D eigenvalue weighted by Crippen LogP contribution is -2.26. The van der Waals surface area contributed by atoms with E-state index in [4.69, 9.17) is 4.74 Å². The van der Waals surface area contributed by atoms with Crippen molar-refractivity contribution in [2.75, 3.05) is 0 Å². The first-order valence-corrected chi connectivity index (χ1v) is 6.27. The normalized spacial score (nSPS) is 12.9. The monoisotopic (exact) mass is 269 g/mol. The van der Waals surface area contributed by atoms with Crippen LogP contribution in [0, 0.1) is 0 Å². The largest absolute Gasteiger partial charge is 0.438 e. The van der Waals surface area contributed by atoms with Crippen molar-refractivity contribution in [2.24, 2.45) is 0 Å². The summed E-state index contributed by atoms with van der Waals surface area (Å²) < 4.78 is 19.6. The number of nitrogens with zero attached hydrogens (tertiary/aromatic N) is 1. The maximum absolute atomic E-state index is 14.2. The number of ether oxygens (including phenoxy) is 1. The minimum Gasteiger partial charge on any atom is -0.438 e. The van der Waals surface area contributed by atoms with Crippen LogP contribution in [0.1, 0.15) is 15.9 Å². The van der Waals surface area contributed by atoms with Gasteiger partial charge in [-0.25, -0.2) is 0 Å². The van der Waals surface area contributed by atoms with Gasteiger partial charge in [-0.2, -0.15) is 0 Å². The molecule has 3 rings (SSSR count). The number of allylic oxidation sites excluding steroid dienone is 1. The smallest absolute Gasteiger partial charge is 0.289 e. The summed E-state index contributed by atoms with van der Waals surface area (Å²) in [6.45, 7) is 0. The van der Waals surface area contributed by atoms with Crippen molar-refractivity contribution in [3.05, 3.63) is 77.7 Å². The molecule has 0 N–H and O–H groups in total. The molecular weight excluding hydrogens is 257 g/mol. The SMILES string of the molecule is O=C(c1ccccc1)N(F)C1=CCc2ccccc2O1. The van der Waals surface area contributed by atoms with Gasteiger partial charge in [-0.1, -0.05) is 40.9 Å². The Kier molecular flexibility index (Phi) is 3.21. The number of carbonyl (C=O) groups excluding carboxylic acids is 1. The highest BCUT2D eigenvalue weighted by atomic mass is 19.2. The molecule has 0 atom stereocenters. The summed E-state index contributed by atoms with van der Waals surface area (Å²) >= 11 is 0. The molecule has 20 heavy (non-hydrogen) atoms. The van der Waals surface area contributed by atoms with Gasteiger partial charge in [-0.15, -0.1) is 5.12 Å². The van der Waals surface area contributed by atoms with Gasteiger partial charge in [-0.3, -0.25) is 4.79 Å². The van der Waals surface area contributed by atoms with Crippen LogP contribution in [0.5, 0.6) is 5.75 Å². The van der Waals surface area contributed by atoms with Gasteiger partial charge in [0.25, 0.3) is 5.91 Å². The second-order valence-electron chi connectivity index (χ2n) is 4.41. The van der Waals surface area contributed by atoms with E-state index in [0.717, 1.165) is 5.56 Å². The number of carbonyl (C=O) groups is 1. The Bertz CT molecular complexity index is 667. The van der Waals surface area contributed by atoms with Gasteiger partial charge >= 0.3 is 0 Å². The number of benzene rings is 2. The fraction of sp³-hybridized carbons (Fsp3) is 0.0625. The number of amides is 1. The van der Waals surface area contributed by atoms with E-state index in [2.05, 4.69) is 0 Å². The predicted molar refractivity (Wildman–Crippen MR) is 72.6 cm³/mol. The molecule has 0 unspecified atom stereocenters. The number of rotatable bonds is 2. The molecule has 0 spiro atoms. The van der Waals surface area contributed by atoms with E-state index < -0.39 is 5.91 Å². The van der Waals surface area contributed by atoms with E-state index in [-0.39, 0.29) is 16.6 Å². The highest BCUT2D eigenvalue weighted by Crippen LogP contribution is 2.28. The Morgan fingerprint density at radius 1 is 1.05 bits per heavy atom. The van der Waals surface area contributed by atoms with E-state index in [9.17, 15) is 9.28 Å². The summed E-state index contributed by atoms with van der Waals surface area (Å²) in [4.78, 5) is 12.0. The molecule has 3 nitrogen and oxygen atoms in total. The Hall–Kier alpha value is -2.62. The van der Waals surface area contributed by atoms with Gasteiger partial charge < -0.3 is 4.74 Å². The maximum atomic E-state index is 14.2. The van der Waals surface area contributed by atoms with Crippen LogP contribution in [0.2, 0.25) is 0 Å². The molecule has 2 aromatic rings. The van der Waals surface area contributed by atoms with Crippen LogP contribution in [-0.2, 0) is 6.42 Å². The van der Waals surface area contributed by atoms with E-state index in [1.807, 2.05) is 18.2 Å². The Balaban J connectivity index is 1.81. The van der Waals surface area contributed by atoms with Gasteiger partial charge in [0, 0.05) is 5.56 Å². The Labute approximate surface area is 115 Å². The van der Waals surface area contributed by atoms with Crippen molar-refractivity contribution in [3.63, 3.8) is 0 Å². The summed E-state index contributed by atoms with van der Waals surface area (Å²) in [5, 5.41) is 0.0469. The average Bonchev–Trinajstić information content (AvgIpc) is 2.54. The first-order chi connectivity index (χ1) is 9.75. The lowest BCUT2D eigenvalue weighted by atomic mass is 10.1. The summed E-state index contributed by atoms with van der Waals surface area (Å²) in [5.74, 6) is -0.248. The van der Waals surface area contributed by atoms with Crippen LogP contribution in [-0.4, -0.2) is 11.0 Å². The first-order valence-electron chi connectivity index (χ1n) is 6.27. The van der Waals surface area contributed by atoms with E-state index >= 15 is 0 Å². The number of para-hydroxylation sites is 1. The number of hydrogen-bond donors (Lipinski definition) is 0. The molecule has 1 aliphatic heterocycles. The summed E-state index contributed by atoms with van der Waals surface area (Å²) in [6, 6.07) is 15.6. The number of fused-ring (bicyclic) bond motifs is 1. The second-order valence-corrected chi connectivity index (χ2v) is 4.41. The molecule has 0 aromatic heterocycles. The fourth-order valence-corrected chi connectivity index (χ4v) is 2.04. The zero-order valence-electron chi connectivity index (χ0n) is 10.6. The summed E-state index contributed by atoms with van der Waals surface area (Å²) in [7, 11) is 0. The van der Waals surface area contributed by atoms with Gasteiger partial charge in [0.05, 0.1) is 0 Å². The fourth-order valence-electron chi connectivity index (χ4n) is 2.04. The highest BCUT2D eigenvalue weighted by Gasteiger charge is 2.24. The third kappa shape index (κ3) is 2.28. The first kappa shape index (κ1) is 12.4. The van der Waals surface area contributed by atoms with Crippen molar-refractivity contribution >= 4 is 5.91 Å². The lowest BCUT2D eigenvalue weighted by molar-refractivity contribution is 0.0160. The molecular formula is C16H12FNO2. The highest BCUT2D eigenvalue weighted by molar-refractivity contribution is 5.94. The minimum atomic E-state index is -0.740. The quantitative estimate of drug-likeness (QED) is 0.781. The molecule has 1 amide bonds. The zero-order valence-corrected chi connectivity index (χ0v) is 10.6.